The van der Waals surface area contributed by atoms with Crippen molar-refractivity contribution in [2.45, 2.75) is 24.9 Å². The molecule has 22 heavy (non-hydrogen) atoms. The average Bonchev–Trinajstić information content (AvgIpc) is 3.08. The summed E-state index contributed by atoms with van der Waals surface area (Å²) in [4.78, 5) is 27.9. The van der Waals surface area contributed by atoms with Gasteiger partial charge in [0.25, 0.3) is 0 Å². The summed E-state index contributed by atoms with van der Waals surface area (Å²) in [6.07, 6.45) is 0. The Balaban J connectivity index is 1.74. The number of rotatable bonds is 4. The summed E-state index contributed by atoms with van der Waals surface area (Å²) >= 11 is 1.23. The third-order valence-electron chi connectivity index (χ3n) is 3.92. The molecule has 0 fully saturated rings. The van der Waals surface area contributed by atoms with Crippen LogP contribution in [0.15, 0.2) is 34.2 Å². The number of benzene rings is 1. The lowest BCUT2D eigenvalue weighted by atomic mass is 9.90. The van der Waals surface area contributed by atoms with E-state index in [9.17, 15) is 9.59 Å². The van der Waals surface area contributed by atoms with Gasteiger partial charge < -0.3 is 4.90 Å². The maximum absolute atomic E-state index is 12.5. The molecule has 1 aliphatic heterocycles. The van der Waals surface area contributed by atoms with Crippen LogP contribution in [0.3, 0.4) is 0 Å². The van der Waals surface area contributed by atoms with Crippen molar-refractivity contribution in [2.75, 3.05) is 17.2 Å². The van der Waals surface area contributed by atoms with Crippen molar-refractivity contribution in [3.05, 3.63) is 40.3 Å². The summed E-state index contributed by atoms with van der Waals surface area (Å²) in [5, 5.41) is 6.53. The van der Waals surface area contributed by atoms with Gasteiger partial charge in [0.05, 0.1) is 5.75 Å². The number of hydrogen-bond donors (Lipinski definition) is 2. The van der Waals surface area contributed by atoms with E-state index in [1.165, 1.54) is 17.3 Å². The van der Waals surface area contributed by atoms with Crippen LogP contribution in [0.25, 0.3) is 0 Å². The summed E-state index contributed by atoms with van der Waals surface area (Å²) in [7, 11) is 0. The van der Waals surface area contributed by atoms with Crippen LogP contribution in [0.1, 0.15) is 25.3 Å². The van der Waals surface area contributed by atoms with Gasteiger partial charge in [0.15, 0.2) is 5.16 Å². The minimum Gasteiger partial charge on any atom is -0.311 e. The van der Waals surface area contributed by atoms with Crippen molar-refractivity contribution in [3.63, 3.8) is 0 Å². The number of nitrogens with zero attached hydrogens (tertiary/aromatic N) is 2. The molecule has 3 rings (SSSR count). The molecule has 0 saturated heterocycles. The molecular weight excluding hydrogens is 300 g/mol. The van der Waals surface area contributed by atoms with Gasteiger partial charge in [0.1, 0.15) is 0 Å². The zero-order chi connectivity index (χ0) is 15.7. The van der Waals surface area contributed by atoms with Crippen molar-refractivity contribution in [1.82, 2.24) is 15.2 Å². The number of thioether (sulfide) groups is 1. The lowest BCUT2D eigenvalue weighted by Gasteiger charge is -2.18. The fourth-order valence-electron chi connectivity index (χ4n) is 2.78. The van der Waals surface area contributed by atoms with Gasteiger partial charge in [-0.1, -0.05) is 43.8 Å². The molecule has 1 amide bonds. The van der Waals surface area contributed by atoms with E-state index < -0.39 is 0 Å². The molecule has 0 radical (unpaired) electrons. The monoisotopic (exact) mass is 318 g/mol. The summed E-state index contributed by atoms with van der Waals surface area (Å²) < 4.78 is 0. The molecule has 0 aliphatic carbocycles. The number of anilines is 1. The molecule has 0 spiro atoms. The minimum absolute atomic E-state index is 0.0319. The van der Waals surface area contributed by atoms with Gasteiger partial charge in [-0.05, 0) is 17.5 Å². The first-order chi connectivity index (χ1) is 10.6. The van der Waals surface area contributed by atoms with Gasteiger partial charge >= 0.3 is 5.69 Å². The van der Waals surface area contributed by atoms with Crippen LogP contribution < -0.4 is 10.6 Å². The van der Waals surface area contributed by atoms with Crippen LogP contribution in [0.4, 0.5) is 5.69 Å². The highest BCUT2D eigenvalue weighted by Gasteiger charge is 2.33. The molecule has 6 nitrogen and oxygen atoms in total. The largest absolute Gasteiger partial charge is 0.341 e. The molecule has 116 valence electrons. The molecular formula is C15H18N4O2S. The topological polar surface area (TPSA) is 81.8 Å². The second-order valence-corrected chi connectivity index (χ2v) is 6.65. The number of aromatic amines is 2. The lowest BCUT2D eigenvalue weighted by Crippen LogP contribution is -2.32. The van der Waals surface area contributed by atoms with E-state index in [2.05, 4.69) is 35.1 Å². The zero-order valence-corrected chi connectivity index (χ0v) is 13.3. The SMILES string of the molecule is CC(C)[C@@H]1CN(C(=O)CSc2n[nH]c(=O)[nH]2)c2ccccc21. The molecule has 0 saturated carbocycles. The number of H-pyrrole nitrogens is 2. The smallest absolute Gasteiger partial charge is 0.311 e. The van der Waals surface area contributed by atoms with Gasteiger partial charge in [-0.3, -0.25) is 9.78 Å². The molecule has 7 heteroatoms. The Kier molecular flexibility index (Phi) is 4.06. The zero-order valence-electron chi connectivity index (χ0n) is 12.5. The highest BCUT2D eigenvalue weighted by atomic mass is 32.2. The number of nitrogens with one attached hydrogen (secondary N) is 2. The third kappa shape index (κ3) is 2.81. The molecule has 2 aromatic rings. The molecule has 2 heterocycles. The Morgan fingerprint density at radius 3 is 2.91 bits per heavy atom. The average molecular weight is 318 g/mol. The Labute approximate surface area is 132 Å². The summed E-state index contributed by atoms with van der Waals surface area (Å²) in [6, 6.07) is 8.08. The predicted molar refractivity (Wildman–Crippen MR) is 86.3 cm³/mol. The van der Waals surface area contributed by atoms with Crippen molar-refractivity contribution < 1.29 is 4.79 Å². The maximum atomic E-state index is 12.5. The summed E-state index contributed by atoms with van der Waals surface area (Å²) in [6.45, 7) is 5.07. The summed E-state index contributed by atoms with van der Waals surface area (Å²) in [5.41, 5.74) is 1.88. The number of para-hydroxylation sites is 1. The van der Waals surface area contributed by atoms with E-state index in [0.717, 1.165) is 5.69 Å². The van der Waals surface area contributed by atoms with Crippen LogP contribution in [-0.4, -0.2) is 33.4 Å². The number of hydrogen-bond acceptors (Lipinski definition) is 4. The van der Waals surface area contributed by atoms with Gasteiger partial charge in [0, 0.05) is 18.2 Å². The predicted octanol–water partition coefficient (Wildman–Crippen LogP) is 1.98. The maximum Gasteiger partial charge on any atom is 0.341 e. The van der Waals surface area contributed by atoms with E-state index in [1.54, 1.807) is 0 Å². The molecule has 0 unspecified atom stereocenters. The van der Waals surface area contributed by atoms with Gasteiger partial charge in [-0.25, -0.2) is 9.89 Å². The fraction of sp³-hybridized carbons (Fsp3) is 0.400. The molecule has 1 aliphatic rings. The number of amides is 1. The molecule has 1 aromatic carbocycles. The highest BCUT2D eigenvalue weighted by molar-refractivity contribution is 7.99. The molecule has 1 atom stereocenters. The van der Waals surface area contributed by atoms with E-state index in [0.29, 0.717) is 23.5 Å². The summed E-state index contributed by atoms with van der Waals surface area (Å²) in [5.74, 6) is 1.13. The first-order valence-electron chi connectivity index (χ1n) is 7.23. The normalized spacial score (nSPS) is 17.0. The van der Waals surface area contributed by atoms with Crippen LogP contribution in [0.2, 0.25) is 0 Å². The van der Waals surface area contributed by atoms with Gasteiger partial charge in [0.2, 0.25) is 5.91 Å². The van der Waals surface area contributed by atoms with Gasteiger partial charge in [-0.2, -0.15) is 0 Å². The molecule has 0 bridgehead atoms. The third-order valence-corrected chi connectivity index (χ3v) is 4.78. The lowest BCUT2D eigenvalue weighted by molar-refractivity contribution is -0.116. The van der Waals surface area contributed by atoms with Crippen molar-refractivity contribution in [1.29, 1.82) is 0 Å². The van der Waals surface area contributed by atoms with E-state index in [1.807, 2.05) is 23.1 Å². The highest BCUT2D eigenvalue weighted by Crippen LogP contribution is 2.40. The quantitative estimate of drug-likeness (QED) is 0.845. The Hall–Kier alpha value is -2.02. The first kappa shape index (κ1) is 14.9. The van der Waals surface area contributed by atoms with E-state index >= 15 is 0 Å². The van der Waals surface area contributed by atoms with Crippen LogP contribution in [0.5, 0.6) is 0 Å². The molecule has 1 aromatic heterocycles. The van der Waals surface area contributed by atoms with Crippen LogP contribution >= 0.6 is 11.8 Å². The first-order valence-corrected chi connectivity index (χ1v) is 8.21. The standard InChI is InChI=1S/C15H18N4O2S/c1-9(2)11-7-19(12-6-4-3-5-10(11)12)13(20)8-22-15-16-14(21)17-18-15/h3-6,9,11H,7-8H2,1-2H3,(H2,16,17,18,21)/t11-/m0/s1. The van der Waals surface area contributed by atoms with Crippen molar-refractivity contribution in [2.24, 2.45) is 5.92 Å². The number of fused-ring (bicyclic) bond motifs is 1. The van der Waals surface area contributed by atoms with E-state index in [4.69, 9.17) is 0 Å². The fourth-order valence-corrected chi connectivity index (χ4v) is 3.47. The van der Waals surface area contributed by atoms with E-state index in [-0.39, 0.29) is 17.3 Å². The van der Waals surface area contributed by atoms with Crippen molar-refractivity contribution >= 4 is 23.4 Å². The Bertz CT molecular complexity index is 737. The van der Waals surface area contributed by atoms with Crippen molar-refractivity contribution in [3.8, 4) is 0 Å². The number of carbonyl (C=O) groups is 1. The minimum atomic E-state index is -0.360. The second kappa shape index (κ2) is 6.00. The Morgan fingerprint density at radius 1 is 1.45 bits per heavy atom. The Morgan fingerprint density at radius 2 is 2.23 bits per heavy atom. The molecule has 2 N–H and O–H groups in total. The number of aromatic nitrogens is 3. The van der Waals surface area contributed by atoms with Crippen LogP contribution in [-0.2, 0) is 4.79 Å². The van der Waals surface area contributed by atoms with Crippen LogP contribution in [0, 0.1) is 5.92 Å². The van der Waals surface area contributed by atoms with Gasteiger partial charge in [-0.15, -0.1) is 5.10 Å². The second-order valence-electron chi connectivity index (χ2n) is 5.69. The number of carbonyl (C=O) groups excluding carboxylic acids is 1.